The molecule has 1 aromatic carbocycles. The molecule has 2 rings (SSSR count). The summed E-state index contributed by atoms with van der Waals surface area (Å²) in [6, 6.07) is 8.08. The largest absolute Gasteiger partial charge is 0.470 e. The number of urea groups is 1. The molecule has 0 radical (unpaired) electrons. The first-order valence-corrected chi connectivity index (χ1v) is 6.11. The number of anilines is 1. The third kappa shape index (κ3) is 3.47. The highest BCUT2D eigenvalue weighted by Crippen LogP contribution is 2.28. The van der Waals surface area contributed by atoms with Crippen LogP contribution < -0.4 is 15.8 Å². The second-order valence-corrected chi connectivity index (χ2v) is 4.22. The van der Waals surface area contributed by atoms with Crippen LogP contribution in [0.15, 0.2) is 30.3 Å². The molecule has 0 saturated heterocycles. The van der Waals surface area contributed by atoms with Crippen molar-refractivity contribution in [3.63, 3.8) is 0 Å². The van der Waals surface area contributed by atoms with E-state index in [0.717, 1.165) is 0 Å². The molecular formula is C13H14F2N4O2. The summed E-state index contributed by atoms with van der Waals surface area (Å²) in [7, 11) is 0. The van der Waals surface area contributed by atoms with Gasteiger partial charge >= 0.3 is 6.03 Å². The van der Waals surface area contributed by atoms with Crippen molar-refractivity contribution in [3.8, 4) is 11.6 Å². The lowest BCUT2D eigenvalue weighted by molar-refractivity contribution is 0.0790. The molecule has 1 aromatic heterocycles. The molecule has 0 unspecified atom stereocenters. The van der Waals surface area contributed by atoms with Crippen molar-refractivity contribution >= 4 is 11.8 Å². The van der Waals surface area contributed by atoms with Crippen LogP contribution in [-0.4, -0.2) is 28.8 Å². The van der Waals surface area contributed by atoms with Gasteiger partial charge in [0.1, 0.15) is 5.82 Å². The van der Waals surface area contributed by atoms with Crippen LogP contribution in [0.5, 0.6) is 5.88 Å². The smallest absolute Gasteiger partial charge is 0.317 e. The molecule has 0 aliphatic rings. The van der Waals surface area contributed by atoms with Gasteiger partial charge in [-0.3, -0.25) is 5.32 Å². The SMILES string of the molecule is Cc1c(OCC(F)F)nn(-c2ccccc2)c1NC(N)=O. The first-order chi connectivity index (χ1) is 9.99. The lowest BCUT2D eigenvalue weighted by Crippen LogP contribution is -2.21. The van der Waals surface area contributed by atoms with E-state index < -0.39 is 19.1 Å². The molecule has 0 spiro atoms. The van der Waals surface area contributed by atoms with Gasteiger partial charge in [-0.25, -0.2) is 18.3 Å². The minimum atomic E-state index is -2.61. The maximum atomic E-state index is 12.2. The van der Waals surface area contributed by atoms with Crippen molar-refractivity contribution in [2.24, 2.45) is 5.73 Å². The van der Waals surface area contributed by atoms with Gasteiger partial charge in [0.2, 0.25) is 5.88 Å². The second-order valence-electron chi connectivity index (χ2n) is 4.22. The van der Waals surface area contributed by atoms with E-state index in [1.54, 1.807) is 31.2 Å². The molecular weight excluding hydrogens is 282 g/mol. The van der Waals surface area contributed by atoms with Gasteiger partial charge in [-0.1, -0.05) is 18.2 Å². The molecule has 1 heterocycles. The van der Waals surface area contributed by atoms with E-state index in [9.17, 15) is 13.6 Å². The lowest BCUT2D eigenvalue weighted by atomic mass is 10.3. The Bertz CT molecular complexity index is 629. The fourth-order valence-electron chi connectivity index (χ4n) is 1.77. The van der Waals surface area contributed by atoms with E-state index >= 15 is 0 Å². The number of halogens is 2. The third-order valence-corrected chi connectivity index (χ3v) is 2.67. The summed E-state index contributed by atoms with van der Waals surface area (Å²) in [4.78, 5) is 11.1. The summed E-state index contributed by atoms with van der Waals surface area (Å²) >= 11 is 0. The average Bonchev–Trinajstić information content (AvgIpc) is 2.74. The highest BCUT2D eigenvalue weighted by molar-refractivity contribution is 5.88. The molecule has 112 valence electrons. The van der Waals surface area contributed by atoms with E-state index in [0.29, 0.717) is 11.3 Å². The maximum Gasteiger partial charge on any atom is 0.317 e. The molecule has 8 heteroatoms. The van der Waals surface area contributed by atoms with E-state index in [1.165, 1.54) is 4.68 Å². The molecule has 2 amide bonds. The summed E-state index contributed by atoms with van der Waals surface area (Å²) < 4.78 is 30.8. The number of nitrogens with one attached hydrogen (secondary N) is 1. The number of nitrogens with zero attached hydrogens (tertiary/aromatic N) is 2. The number of hydrogen-bond donors (Lipinski definition) is 2. The monoisotopic (exact) mass is 296 g/mol. The standard InChI is InChI=1S/C13H14F2N4O2/c1-8-11(17-13(16)20)19(9-5-3-2-4-6-9)18-12(8)21-7-10(14)15/h2-6,10H,7H2,1H3,(H3,16,17,20). The molecule has 6 nitrogen and oxygen atoms in total. The average molecular weight is 296 g/mol. The summed E-state index contributed by atoms with van der Waals surface area (Å²) in [5.74, 6) is 0.292. The summed E-state index contributed by atoms with van der Waals surface area (Å²) in [6.07, 6.45) is -2.61. The van der Waals surface area contributed by atoms with Gasteiger partial charge in [0.25, 0.3) is 6.43 Å². The first kappa shape index (κ1) is 14.8. The zero-order valence-electron chi connectivity index (χ0n) is 11.2. The topological polar surface area (TPSA) is 82.2 Å². The van der Waals surface area contributed by atoms with Crippen molar-refractivity contribution in [2.75, 3.05) is 11.9 Å². The Kier molecular flexibility index (Phi) is 4.36. The Morgan fingerprint density at radius 2 is 2.10 bits per heavy atom. The number of para-hydroxylation sites is 1. The van der Waals surface area contributed by atoms with Crippen LogP contribution >= 0.6 is 0 Å². The predicted octanol–water partition coefficient (Wildman–Crippen LogP) is 2.32. The molecule has 0 fully saturated rings. The van der Waals surface area contributed by atoms with Crippen LogP contribution in [0.1, 0.15) is 5.56 Å². The van der Waals surface area contributed by atoms with E-state index in [-0.39, 0.29) is 11.7 Å². The molecule has 2 aromatic rings. The molecule has 0 aliphatic carbocycles. The number of carbonyl (C=O) groups is 1. The number of aromatic nitrogens is 2. The van der Waals surface area contributed by atoms with Gasteiger partial charge in [0, 0.05) is 0 Å². The highest BCUT2D eigenvalue weighted by atomic mass is 19.3. The fourth-order valence-corrected chi connectivity index (χ4v) is 1.77. The van der Waals surface area contributed by atoms with Crippen LogP contribution in [0.2, 0.25) is 0 Å². The van der Waals surface area contributed by atoms with Crippen molar-refractivity contribution < 1.29 is 18.3 Å². The van der Waals surface area contributed by atoms with E-state index in [2.05, 4.69) is 10.4 Å². The Balaban J connectivity index is 2.42. The van der Waals surface area contributed by atoms with E-state index in [1.807, 2.05) is 6.07 Å². The van der Waals surface area contributed by atoms with Gasteiger partial charge in [0.05, 0.1) is 11.3 Å². The van der Waals surface area contributed by atoms with Crippen molar-refractivity contribution in [1.29, 1.82) is 0 Å². The van der Waals surface area contributed by atoms with Gasteiger partial charge in [0.15, 0.2) is 6.61 Å². The molecule has 0 saturated carbocycles. The number of hydrogen-bond acceptors (Lipinski definition) is 3. The first-order valence-electron chi connectivity index (χ1n) is 6.11. The molecule has 3 N–H and O–H groups in total. The van der Waals surface area contributed by atoms with Gasteiger partial charge in [-0.05, 0) is 19.1 Å². The minimum Gasteiger partial charge on any atom is -0.470 e. The highest BCUT2D eigenvalue weighted by Gasteiger charge is 2.19. The van der Waals surface area contributed by atoms with Crippen molar-refractivity contribution in [2.45, 2.75) is 13.3 Å². The number of primary amides is 1. The molecule has 0 bridgehead atoms. The molecule has 21 heavy (non-hydrogen) atoms. The molecule has 0 aliphatic heterocycles. The third-order valence-electron chi connectivity index (χ3n) is 2.67. The number of carbonyl (C=O) groups excluding carboxylic acids is 1. The zero-order chi connectivity index (χ0) is 15.4. The van der Waals surface area contributed by atoms with Gasteiger partial charge in [-0.15, -0.1) is 5.10 Å². The Hall–Kier alpha value is -2.64. The van der Waals surface area contributed by atoms with Crippen LogP contribution in [-0.2, 0) is 0 Å². The maximum absolute atomic E-state index is 12.2. The van der Waals surface area contributed by atoms with Crippen molar-refractivity contribution in [3.05, 3.63) is 35.9 Å². The summed E-state index contributed by atoms with van der Waals surface area (Å²) in [5.41, 5.74) is 6.17. The fraction of sp³-hybridized carbons (Fsp3) is 0.231. The number of rotatable bonds is 5. The quantitative estimate of drug-likeness (QED) is 0.888. The zero-order valence-corrected chi connectivity index (χ0v) is 11.2. The normalized spacial score (nSPS) is 10.7. The lowest BCUT2D eigenvalue weighted by Gasteiger charge is -2.07. The van der Waals surface area contributed by atoms with Crippen LogP contribution in [0.3, 0.4) is 0 Å². The van der Waals surface area contributed by atoms with Crippen LogP contribution in [0.25, 0.3) is 5.69 Å². The number of amides is 2. The number of benzene rings is 1. The number of alkyl halides is 2. The van der Waals surface area contributed by atoms with Crippen LogP contribution in [0, 0.1) is 6.92 Å². The Morgan fingerprint density at radius 3 is 2.67 bits per heavy atom. The minimum absolute atomic E-state index is 0.0166. The number of nitrogens with two attached hydrogens (primary N) is 1. The summed E-state index contributed by atoms with van der Waals surface area (Å²) in [5, 5.41) is 6.52. The second kappa shape index (κ2) is 6.21. The predicted molar refractivity (Wildman–Crippen MR) is 73.0 cm³/mol. The number of ether oxygens (including phenoxy) is 1. The Labute approximate surface area is 119 Å². The molecule has 0 atom stereocenters. The summed E-state index contributed by atoms with van der Waals surface area (Å²) in [6.45, 7) is 0.821. The van der Waals surface area contributed by atoms with Crippen molar-refractivity contribution in [1.82, 2.24) is 9.78 Å². The Morgan fingerprint density at radius 1 is 1.43 bits per heavy atom. The van der Waals surface area contributed by atoms with Crippen LogP contribution in [0.4, 0.5) is 19.4 Å². The van der Waals surface area contributed by atoms with Gasteiger partial charge < -0.3 is 10.5 Å². The van der Waals surface area contributed by atoms with E-state index in [4.69, 9.17) is 10.5 Å². The van der Waals surface area contributed by atoms with Gasteiger partial charge in [-0.2, -0.15) is 0 Å².